The van der Waals surface area contributed by atoms with Crippen molar-refractivity contribution in [3.05, 3.63) is 71.8 Å². The van der Waals surface area contributed by atoms with Gasteiger partial charge in [0.2, 0.25) is 0 Å². The molecule has 2 fully saturated rings. The molecule has 3 aromatic carbocycles. The molecule has 5 rings (SSSR count). The van der Waals surface area contributed by atoms with E-state index in [-0.39, 0.29) is 46.3 Å². The zero-order chi connectivity index (χ0) is 30.5. The van der Waals surface area contributed by atoms with Crippen molar-refractivity contribution in [1.29, 1.82) is 0 Å². The van der Waals surface area contributed by atoms with Gasteiger partial charge in [-0.3, -0.25) is 0 Å². The van der Waals surface area contributed by atoms with E-state index in [9.17, 15) is 9.59 Å². The number of fused-ring (bicyclic) bond motifs is 1. The molecule has 0 bridgehead atoms. The highest BCUT2D eigenvalue weighted by Crippen LogP contribution is 2.34. The molecule has 0 aromatic heterocycles. The number of hydrogen-bond donors (Lipinski definition) is 2. The third kappa shape index (κ3) is 7.04. The highest BCUT2D eigenvalue weighted by atomic mass is 16.5. The lowest BCUT2D eigenvalue weighted by molar-refractivity contribution is -0.00756. The van der Waals surface area contributed by atoms with Crippen molar-refractivity contribution in [2.24, 2.45) is 0 Å². The largest absolute Gasteiger partial charge is 0.459 e. The van der Waals surface area contributed by atoms with Gasteiger partial charge in [0, 0.05) is 47.8 Å². The van der Waals surface area contributed by atoms with Gasteiger partial charge in [0.25, 0.3) is 0 Å². The zero-order valence-electron chi connectivity index (χ0n) is 26.4. The molecule has 0 aliphatic carbocycles. The molecule has 42 heavy (non-hydrogen) atoms. The Labute approximate surface area is 250 Å². The molecular formula is C36H46N2O4. The Kier molecular flexibility index (Phi) is 7.78. The number of rotatable bonds is 5. The molecule has 2 heterocycles. The second kappa shape index (κ2) is 10.8. The third-order valence-electron chi connectivity index (χ3n) is 8.39. The van der Waals surface area contributed by atoms with Crippen LogP contribution in [0.4, 0.5) is 0 Å². The summed E-state index contributed by atoms with van der Waals surface area (Å²) in [5.74, 6) is -0.616. The first-order valence-corrected chi connectivity index (χ1v) is 15.1. The smallest absolute Gasteiger partial charge is 0.339 e. The summed E-state index contributed by atoms with van der Waals surface area (Å²) in [6.07, 6.45) is 2.72. The summed E-state index contributed by atoms with van der Waals surface area (Å²) in [5.41, 5.74) is 2.42. The molecule has 2 saturated heterocycles. The van der Waals surface area contributed by atoms with Crippen LogP contribution in [0.2, 0.25) is 0 Å². The predicted octanol–water partition coefficient (Wildman–Crippen LogP) is 7.44. The summed E-state index contributed by atoms with van der Waals surface area (Å²) in [5, 5.41) is 9.11. The van der Waals surface area contributed by atoms with Gasteiger partial charge in [-0.15, -0.1) is 0 Å². The normalized spacial score (nSPS) is 21.5. The monoisotopic (exact) mass is 570 g/mol. The Balaban J connectivity index is 1.37. The van der Waals surface area contributed by atoms with E-state index in [2.05, 4.69) is 72.1 Å². The highest BCUT2D eigenvalue weighted by Gasteiger charge is 2.40. The predicted molar refractivity (Wildman–Crippen MR) is 169 cm³/mol. The average Bonchev–Trinajstić information content (AvgIpc) is 2.84. The molecule has 0 radical (unpaired) electrons. The summed E-state index contributed by atoms with van der Waals surface area (Å²) in [6, 6.07) is 19.3. The van der Waals surface area contributed by atoms with Crippen LogP contribution in [0.5, 0.6) is 0 Å². The van der Waals surface area contributed by atoms with E-state index in [4.69, 9.17) is 9.47 Å². The number of benzene rings is 3. The van der Waals surface area contributed by atoms with Crippen molar-refractivity contribution < 1.29 is 19.1 Å². The van der Waals surface area contributed by atoms with Crippen LogP contribution >= 0.6 is 0 Å². The fraction of sp³-hybridized carbons (Fsp3) is 0.500. The number of piperidine rings is 2. The fourth-order valence-corrected chi connectivity index (χ4v) is 7.50. The van der Waals surface area contributed by atoms with Crippen LogP contribution < -0.4 is 10.6 Å². The lowest BCUT2D eigenvalue weighted by Gasteiger charge is -2.45. The van der Waals surface area contributed by atoms with E-state index in [0.29, 0.717) is 11.1 Å². The van der Waals surface area contributed by atoms with Crippen LogP contribution in [0.25, 0.3) is 21.9 Å². The van der Waals surface area contributed by atoms with Crippen molar-refractivity contribution in [1.82, 2.24) is 10.6 Å². The Hall–Kier alpha value is -3.22. The molecule has 2 aliphatic rings. The molecule has 0 spiro atoms. The number of carbonyl (C=O) groups excluding carboxylic acids is 2. The minimum absolute atomic E-state index is 0.105. The van der Waals surface area contributed by atoms with Gasteiger partial charge >= 0.3 is 11.9 Å². The second-order valence-electron chi connectivity index (χ2n) is 15.0. The van der Waals surface area contributed by atoms with Gasteiger partial charge in [-0.25, -0.2) is 9.59 Å². The van der Waals surface area contributed by atoms with Gasteiger partial charge in [-0.2, -0.15) is 0 Å². The van der Waals surface area contributed by atoms with Crippen LogP contribution in [0.15, 0.2) is 60.7 Å². The van der Waals surface area contributed by atoms with Crippen molar-refractivity contribution in [2.75, 3.05) is 0 Å². The van der Waals surface area contributed by atoms with Gasteiger partial charge < -0.3 is 20.1 Å². The van der Waals surface area contributed by atoms with Crippen LogP contribution in [0, 0.1) is 0 Å². The van der Waals surface area contributed by atoms with Crippen LogP contribution in [0.3, 0.4) is 0 Å². The van der Waals surface area contributed by atoms with Crippen molar-refractivity contribution >= 4 is 22.7 Å². The van der Waals surface area contributed by atoms with Gasteiger partial charge in [-0.05, 0) is 102 Å². The molecule has 2 N–H and O–H groups in total. The van der Waals surface area contributed by atoms with E-state index in [1.807, 2.05) is 42.5 Å². The molecule has 0 amide bonds. The Bertz CT molecular complexity index is 1450. The van der Waals surface area contributed by atoms with E-state index in [1.165, 1.54) is 0 Å². The highest BCUT2D eigenvalue weighted by molar-refractivity contribution is 6.06. The lowest BCUT2D eigenvalue weighted by Crippen LogP contribution is -2.59. The van der Waals surface area contributed by atoms with Gasteiger partial charge in [-0.1, -0.05) is 36.4 Å². The van der Waals surface area contributed by atoms with E-state index in [1.54, 1.807) is 12.1 Å². The summed E-state index contributed by atoms with van der Waals surface area (Å²) >= 11 is 0. The first-order valence-electron chi connectivity index (χ1n) is 15.1. The van der Waals surface area contributed by atoms with Gasteiger partial charge in [0.15, 0.2) is 0 Å². The third-order valence-corrected chi connectivity index (χ3v) is 8.39. The summed E-state index contributed by atoms with van der Waals surface area (Å²) < 4.78 is 12.1. The van der Waals surface area contributed by atoms with Crippen molar-refractivity contribution in [2.45, 2.75) is 115 Å². The van der Waals surface area contributed by atoms with E-state index in [0.717, 1.165) is 47.6 Å². The van der Waals surface area contributed by atoms with E-state index >= 15 is 0 Å². The topological polar surface area (TPSA) is 76.7 Å². The Morgan fingerprint density at radius 3 is 1.62 bits per heavy atom. The maximum absolute atomic E-state index is 13.6. The van der Waals surface area contributed by atoms with Gasteiger partial charge in [0.1, 0.15) is 12.2 Å². The molecule has 0 unspecified atom stereocenters. The molecule has 3 aromatic rings. The molecule has 6 heteroatoms. The maximum Gasteiger partial charge on any atom is 0.339 e. The number of ether oxygens (including phenoxy) is 2. The molecule has 0 saturated carbocycles. The van der Waals surface area contributed by atoms with Crippen LogP contribution in [-0.4, -0.2) is 46.3 Å². The zero-order valence-corrected chi connectivity index (χ0v) is 26.4. The maximum atomic E-state index is 13.6. The van der Waals surface area contributed by atoms with Crippen LogP contribution in [-0.2, 0) is 9.47 Å². The molecule has 0 atom stereocenters. The molecule has 224 valence electrons. The first kappa shape index (κ1) is 30.2. The Morgan fingerprint density at radius 2 is 1.10 bits per heavy atom. The minimum Gasteiger partial charge on any atom is -0.459 e. The van der Waals surface area contributed by atoms with Crippen LogP contribution in [0.1, 0.15) is 102 Å². The average molecular weight is 571 g/mol. The number of hydrogen-bond acceptors (Lipinski definition) is 6. The van der Waals surface area contributed by atoms with Crippen molar-refractivity contribution in [3.63, 3.8) is 0 Å². The summed E-state index contributed by atoms with van der Waals surface area (Å²) in [6.45, 7) is 17.2. The molecular weight excluding hydrogens is 524 g/mol. The minimum atomic E-state index is -0.310. The Morgan fingerprint density at radius 1 is 0.619 bits per heavy atom. The standard InChI is InChI=1S/C36H46N2O4/c1-33(2)19-27(20-34(3,4)37-33)41-31(39)24-15-13-23(14-16-24)26-17-25-11-9-10-12-29(25)30(18-26)32(40)42-28-21-35(5,6)38-36(7,8)22-28/h9-18,27-28,37-38H,19-22H2,1-8H3. The van der Waals surface area contributed by atoms with E-state index < -0.39 is 0 Å². The molecule has 2 aliphatic heterocycles. The first-order chi connectivity index (χ1) is 19.5. The lowest BCUT2D eigenvalue weighted by atomic mass is 9.81. The number of carbonyl (C=O) groups is 2. The number of nitrogens with one attached hydrogen (secondary N) is 2. The SMILES string of the molecule is CC1(C)CC(OC(=O)c2ccc(-c3cc(C(=O)OC4CC(C)(C)NC(C)(C)C4)c4ccccc4c3)cc2)CC(C)(C)N1. The summed E-state index contributed by atoms with van der Waals surface area (Å²) in [7, 11) is 0. The summed E-state index contributed by atoms with van der Waals surface area (Å²) in [4.78, 5) is 26.7. The molecule has 6 nitrogen and oxygen atoms in total. The second-order valence-corrected chi connectivity index (χ2v) is 15.0. The fourth-order valence-electron chi connectivity index (χ4n) is 7.50. The van der Waals surface area contributed by atoms with Gasteiger partial charge in [0.05, 0.1) is 11.1 Å². The quantitative estimate of drug-likeness (QED) is 0.311. The van der Waals surface area contributed by atoms with Crippen molar-refractivity contribution in [3.8, 4) is 11.1 Å². The number of esters is 2.